The molecular weight excluding hydrogens is 547 g/mol. The van der Waals surface area contributed by atoms with Crippen LogP contribution in [0.2, 0.25) is 0 Å². The van der Waals surface area contributed by atoms with Crippen molar-refractivity contribution in [1.82, 2.24) is 9.88 Å². The second-order valence-electron chi connectivity index (χ2n) is 12.9. The average molecular weight is 587 g/mol. The van der Waals surface area contributed by atoms with Crippen molar-refractivity contribution in [1.29, 1.82) is 0 Å². The number of carbonyl (C=O) groups is 1. The van der Waals surface area contributed by atoms with Gasteiger partial charge in [-0.3, -0.25) is 9.69 Å². The summed E-state index contributed by atoms with van der Waals surface area (Å²) in [6.07, 6.45) is 7.18. The molecule has 8 heteroatoms. The molecule has 0 amide bonds. The number of aliphatic carboxylic acids is 1. The van der Waals surface area contributed by atoms with E-state index in [0.717, 1.165) is 91.9 Å². The van der Waals surface area contributed by atoms with E-state index in [1.807, 2.05) is 13.0 Å². The lowest BCUT2D eigenvalue weighted by Gasteiger charge is -2.45. The van der Waals surface area contributed by atoms with Gasteiger partial charge in [0.15, 0.2) is 0 Å². The van der Waals surface area contributed by atoms with E-state index in [-0.39, 0.29) is 23.4 Å². The number of hydrogen-bond acceptors (Lipinski definition) is 6. The van der Waals surface area contributed by atoms with Crippen molar-refractivity contribution >= 4 is 5.97 Å². The molecule has 0 bridgehead atoms. The van der Waals surface area contributed by atoms with Crippen LogP contribution >= 0.6 is 0 Å². The highest BCUT2D eigenvalue weighted by molar-refractivity contribution is 5.71. The van der Waals surface area contributed by atoms with Gasteiger partial charge in [0.1, 0.15) is 17.7 Å². The highest BCUT2D eigenvalue weighted by Gasteiger charge is 2.47. The molecule has 226 valence electrons. The van der Waals surface area contributed by atoms with E-state index in [1.165, 1.54) is 13.3 Å². The van der Waals surface area contributed by atoms with Crippen LogP contribution in [0.4, 0.5) is 4.39 Å². The minimum Gasteiger partial charge on any atom is -0.485 e. The highest BCUT2D eigenvalue weighted by Crippen LogP contribution is 2.48. The van der Waals surface area contributed by atoms with Crippen molar-refractivity contribution in [3.63, 3.8) is 0 Å². The Morgan fingerprint density at radius 1 is 1.16 bits per heavy atom. The van der Waals surface area contributed by atoms with Crippen molar-refractivity contribution in [3.05, 3.63) is 76.7 Å². The first-order chi connectivity index (χ1) is 20.8. The van der Waals surface area contributed by atoms with E-state index >= 15 is 4.39 Å². The van der Waals surface area contributed by atoms with E-state index in [1.54, 1.807) is 6.07 Å². The summed E-state index contributed by atoms with van der Waals surface area (Å²) in [5.74, 6) is 0.0571. The first-order valence-electron chi connectivity index (χ1n) is 15.5. The lowest BCUT2D eigenvalue weighted by molar-refractivity contribution is -0.142. The van der Waals surface area contributed by atoms with Crippen LogP contribution < -0.4 is 9.47 Å². The van der Waals surface area contributed by atoms with Crippen molar-refractivity contribution in [2.75, 3.05) is 26.9 Å². The first-order valence-corrected chi connectivity index (χ1v) is 15.5. The number of carboxylic acid groups (broad SMARTS) is 1. The fourth-order valence-corrected chi connectivity index (χ4v) is 7.46. The smallest absolute Gasteiger partial charge is 0.306 e. The fourth-order valence-electron chi connectivity index (χ4n) is 7.46. The third-order valence-corrected chi connectivity index (χ3v) is 10.2. The monoisotopic (exact) mass is 586 g/mol. The highest BCUT2D eigenvalue weighted by atomic mass is 19.1. The van der Waals surface area contributed by atoms with Crippen molar-refractivity contribution in [2.45, 2.75) is 69.6 Å². The summed E-state index contributed by atoms with van der Waals surface area (Å²) in [5.41, 5.74) is 5.70. The topological polar surface area (TPSA) is 81.1 Å². The second kappa shape index (κ2) is 11.2. The molecule has 1 N–H and O–H groups in total. The minimum absolute atomic E-state index is 0.00631. The summed E-state index contributed by atoms with van der Waals surface area (Å²) in [7, 11) is 1.54. The number of fused-ring (bicyclic) bond motifs is 1. The van der Waals surface area contributed by atoms with Crippen LogP contribution in [-0.4, -0.2) is 53.4 Å². The Hall–Kier alpha value is -3.49. The average Bonchev–Trinajstić information content (AvgIpc) is 3.74. The van der Waals surface area contributed by atoms with Gasteiger partial charge in [-0.05, 0) is 90.8 Å². The van der Waals surface area contributed by atoms with Gasteiger partial charge in [0, 0.05) is 18.2 Å². The molecular formula is C35H39FN2O5. The SMILES string of the molecule is COc1cc(-c2ccc(C3CCc4ccc([C@H](C5CC5)[C@H](C)C(=O)O)cc4O3)cc2CN2CCCC23COC3)c(F)cn1. The number of nitrogens with zero attached hydrogens (tertiary/aromatic N) is 2. The maximum absolute atomic E-state index is 15.2. The molecule has 1 aliphatic carbocycles. The lowest BCUT2D eigenvalue weighted by atomic mass is 9.82. The predicted octanol–water partition coefficient (Wildman–Crippen LogP) is 6.54. The largest absolute Gasteiger partial charge is 0.485 e. The molecule has 7 rings (SSSR count). The third-order valence-electron chi connectivity index (χ3n) is 10.2. The first kappa shape index (κ1) is 28.3. The van der Waals surface area contributed by atoms with Crippen LogP contribution in [0.25, 0.3) is 11.1 Å². The van der Waals surface area contributed by atoms with Gasteiger partial charge < -0.3 is 19.3 Å². The van der Waals surface area contributed by atoms with Gasteiger partial charge in [-0.1, -0.05) is 37.3 Å². The van der Waals surface area contributed by atoms with E-state index in [9.17, 15) is 9.90 Å². The summed E-state index contributed by atoms with van der Waals surface area (Å²) in [6, 6.07) is 14.2. The van der Waals surface area contributed by atoms with Crippen LogP contribution in [0, 0.1) is 17.7 Å². The molecule has 3 aromatic rings. The normalized spacial score (nSPS) is 22.3. The number of hydrogen-bond donors (Lipinski definition) is 1. The molecule has 1 unspecified atom stereocenters. The molecule has 3 fully saturated rings. The predicted molar refractivity (Wildman–Crippen MR) is 160 cm³/mol. The van der Waals surface area contributed by atoms with E-state index in [2.05, 4.69) is 40.2 Å². The van der Waals surface area contributed by atoms with Crippen LogP contribution in [-0.2, 0) is 22.5 Å². The minimum atomic E-state index is -0.752. The molecule has 43 heavy (non-hydrogen) atoms. The maximum Gasteiger partial charge on any atom is 0.306 e. The summed E-state index contributed by atoms with van der Waals surface area (Å²) in [5, 5.41) is 9.77. The zero-order chi connectivity index (χ0) is 29.7. The number of halogens is 1. The Bertz CT molecular complexity index is 1530. The van der Waals surface area contributed by atoms with Crippen molar-refractivity contribution in [2.24, 2.45) is 11.8 Å². The second-order valence-corrected chi connectivity index (χ2v) is 12.9. The number of aromatic nitrogens is 1. The third kappa shape index (κ3) is 5.29. The Morgan fingerprint density at radius 2 is 2.00 bits per heavy atom. The van der Waals surface area contributed by atoms with Gasteiger partial charge in [0.25, 0.3) is 0 Å². The molecule has 1 saturated carbocycles. The Morgan fingerprint density at radius 3 is 2.72 bits per heavy atom. The molecule has 4 heterocycles. The van der Waals surface area contributed by atoms with Gasteiger partial charge in [-0.25, -0.2) is 9.37 Å². The number of aryl methyl sites for hydroxylation is 1. The summed E-state index contributed by atoms with van der Waals surface area (Å²) >= 11 is 0. The van der Waals surface area contributed by atoms with Gasteiger partial charge in [0.05, 0.1) is 38.0 Å². The fraction of sp³-hybridized carbons (Fsp3) is 0.486. The zero-order valence-corrected chi connectivity index (χ0v) is 24.9. The molecule has 3 atom stereocenters. The summed E-state index contributed by atoms with van der Waals surface area (Å²) in [4.78, 5) is 18.5. The Labute approximate surface area is 252 Å². The number of pyridine rings is 1. The molecule has 7 nitrogen and oxygen atoms in total. The van der Waals surface area contributed by atoms with E-state index in [0.29, 0.717) is 23.9 Å². The molecule has 4 aliphatic rings. The van der Waals surface area contributed by atoms with Gasteiger partial charge in [0.2, 0.25) is 5.88 Å². The number of likely N-dealkylation sites (tertiary alicyclic amines) is 1. The molecule has 2 saturated heterocycles. The molecule has 3 aliphatic heterocycles. The molecule has 1 spiro atoms. The number of carboxylic acids is 1. The summed E-state index contributed by atoms with van der Waals surface area (Å²) in [6.45, 7) is 4.99. The maximum atomic E-state index is 15.2. The van der Waals surface area contributed by atoms with Gasteiger partial charge in [-0.15, -0.1) is 0 Å². The van der Waals surface area contributed by atoms with Crippen LogP contribution in [0.3, 0.4) is 0 Å². The van der Waals surface area contributed by atoms with Crippen molar-refractivity contribution < 1.29 is 28.5 Å². The molecule has 1 aromatic heterocycles. The quantitative estimate of drug-likeness (QED) is 0.305. The summed E-state index contributed by atoms with van der Waals surface area (Å²) < 4.78 is 32.8. The lowest BCUT2D eigenvalue weighted by Crippen LogP contribution is -2.58. The van der Waals surface area contributed by atoms with Gasteiger partial charge >= 0.3 is 5.97 Å². The Balaban J connectivity index is 1.21. The van der Waals surface area contributed by atoms with Crippen LogP contribution in [0.1, 0.15) is 73.3 Å². The molecule has 2 aromatic carbocycles. The van der Waals surface area contributed by atoms with Gasteiger partial charge in [-0.2, -0.15) is 0 Å². The number of ether oxygens (including phenoxy) is 3. The number of benzene rings is 2. The Kier molecular flexibility index (Phi) is 7.38. The standard InChI is InChI=1S/C35H39FN2O5/c1-21(34(39)40)33(23-5-6-23)25-7-4-22-9-11-30(43-31(22)15-25)24-8-10-27(28-16-32(41-2)37-17-29(28)36)26(14-24)18-38-13-3-12-35(38)19-42-20-35/h4,7-8,10,14-17,21,23,30,33H,3,5-6,9,11-13,18-20H2,1-2H3,(H,39,40)/t21-,30?,33-/m0/s1. The molecule has 0 radical (unpaired) electrons. The number of rotatable bonds is 9. The zero-order valence-electron chi connectivity index (χ0n) is 24.9. The van der Waals surface area contributed by atoms with Crippen LogP contribution in [0.15, 0.2) is 48.7 Å². The van der Waals surface area contributed by atoms with Crippen LogP contribution in [0.5, 0.6) is 11.6 Å². The number of methoxy groups -OCH3 is 1. The van der Waals surface area contributed by atoms with E-state index in [4.69, 9.17) is 14.2 Å². The van der Waals surface area contributed by atoms with E-state index < -0.39 is 11.9 Å². The van der Waals surface area contributed by atoms with Crippen molar-refractivity contribution in [3.8, 4) is 22.8 Å².